The smallest absolute Gasteiger partial charge is 0.252 e. The van der Waals surface area contributed by atoms with Gasteiger partial charge in [-0.2, -0.15) is 0 Å². The van der Waals surface area contributed by atoms with Crippen LogP contribution in [0.3, 0.4) is 0 Å². The fourth-order valence-electron chi connectivity index (χ4n) is 3.33. The minimum absolute atomic E-state index is 0.0858. The fraction of sp³-hybridized carbons (Fsp3) is 0.611. The molecule has 1 aromatic carbocycles. The molecule has 0 radical (unpaired) electrons. The number of halogens is 2. The normalized spacial score (nSPS) is 22.9. The molecule has 0 aromatic heterocycles. The Morgan fingerprint density at radius 3 is 2.43 bits per heavy atom. The fourth-order valence-corrected chi connectivity index (χ4v) is 3.83. The number of piperidine rings is 1. The third kappa shape index (κ3) is 4.85. The Labute approximate surface area is 149 Å². The van der Waals surface area contributed by atoms with Crippen LogP contribution in [-0.4, -0.2) is 36.0 Å². The second kappa shape index (κ2) is 7.42. The van der Waals surface area contributed by atoms with Crippen LogP contribution in [0.4, 0.5) is 0 Å². The zero-order valence-electron chi connectivity index (χ0n) is 14.3. The second-order valence-corrected chi connectivity index (χ2v) is 8.31. The summed E-state index contributed by atoms with van der Waals surface area (Å²) in [5, 5.41) is 3.93. The van der Waals surface area contributed by atoms with Gasteiger partial charge in [-0.3, -0.25) is 9.69 Å². The number of nitrogens with zero attached hydrogens (tertiary/aromatic N) is 1. The van der Waals surface area contributed by atoms with E-state index in [1.807, 2.05) is 0 Å². The molecule has 128 valence electrons. The van der Waals surface area contributed by atoms with E-state index in [9.17, 15) is 4.79 Å². The highest BCUT2D eigenvalue weighted by atomic mass is 35.5. The minimum atomic E-state index is -0.155. The number of carbonyl (C=O) groups is 1. The average Bonchev–Trinajstić information content (AvgIpc) is 2.44. The molecule has 1 aliphatic rings. The van der Waals surface area contributed by atoms with Crippen LogP contribution in [0, 0.1) is 11.8 Å². The van der Waals surface area contributed by atoms with Gasteiger partial charge in [0.2, 0.25) is 0 Å². The van der Waals surface area contributed by atoms with Crippen LogP contribution >= 0.6 is 23.2 Å². The van der Waals surface area contributed by atoms with Crippen molar-refractivity contribution in [2.75, 3.05) is 19.6 Å². The summed E-state index contributed by atoms with van der Waals surface area (Å²) in [4.78, 5) is 14.9. The molecule has 0 bridgehead atoms. The van der Waals surface area contributed by atoms with Crippen molar-refractivity contribution >= 4 is 29.1 Å². The number of carbonyl (C=O) groups excluding carboxylic acids is 1. The van der Waals surface area contributed by atoms with Crippen LogP contribution in [0.1, 0.15) is 44.5 Å². The number of likely N-dealkylation sites (tertiary alicyclic amines) is 1. The third-order valence-corrected chi connectivity index (χ3v) is 5.13. The number of benzene rings is 1. The molecule has 1 N–H and O–H groups in total. The van der Waals surface area contributed by atoms with E-state index >= 15 is 0 Å². The average molecular weight is 357 g/mol. The van der Waals surface area contributed by atoms with E-state index in [1.165, 1.54) is 6.42 Å². The van der Waals surface area contributed by atoms with E-state index in [0.29, 0.717) is 34.0 Å². The van der Waals surface area contributed by atoms with E-state index < -0.39 is 0 Å². The Balaban J connectivity index is 1.99. The molecule has 1 aliphatic heterocycles. The van der Waals surface area contributed by atoms with Crippen molar-refractivity contribution in [2.45, 2.75) is 39.7 Å². The molecule has 23 heavy (non-hydrogen) atoms. The predicted molar refractivity (Wildman–Crippen MR) is 97.4 cm³/mol. The van der Waals surface area contributed by atoms with Crippen LogP contribution in [-0.2, 0) is 0 Å². The molecule has 0 aliphatic carbocycles. The first-order chi connectivity index (χ1) is 10.7. The van der Waals surface area contributed by atoms with Gasteiger partial charge in [0.1, 0.15) is 0 Å². The molecule has 1 fully saturated rings. The van der Waals surface area contributed by atoms with Crippen molar-refractivity contribution < 1.29 is 4.79 Å². The highest BCUT2D eigenvalue weighted by molar-refractivity contribution is 6.36. The number of hydrogen-bond donors (Lipinski definition) is 1. The molecule has 0 saturated carbocycles. The maximum Gasteiger partial charge on any atom is 0.252 e. The standard InChI is InChI=1S/C18H26Cl2N2O/c1-12-7-13(2)10-22(9-12)18(3,4)11-21-17(23)15-6-5-14(19)8-16(15)20/h5-6,8,12-13H,7,9-11H2,1-4H3,(H,21,23). The molecule has 2 rings (SSSR count). The van der Waals surface area contributed by atoms with Crippen molar-refractivity contribution in [3.05, 3.63) is 33.8 Å². The van der Waals surface area contributed by atoms with Crippen LogP contribution in [0.15, 0.2) is 18.2 Å². The van der Waals surface area contributed by atoms with Crippen molar-refractivity contribution in [2.24, 2.45) is 11.8 Å². The first-order valence-electron chi connectivity index (χ1n) is 8.17. The van der Waals surface area contributed by atoms with Crippen molar-refractivity contribution in [3.63, 3.8) is 0 Å². The van der Waals surface area contributed by atoms with Gasteiger partial charge in [-0.25, -0.2) is 0 Å². The summed E-state index contributed by atoms with van der Waals surface area (Å²) in [5.74, 6) is 1.23. The summed E-state index contributed by atoms with van der Waals surface area (Å²) in [6.45, 7) is 11.7. The Morgan fingerprint density at radius 1 is 1.26 bits per heavy atom. The quantitative estimate of drug-likeness (QED) is 0.862. The first-order valence-corrected chi connectivity index (χ1v) is 8.93. The highest BCUT2D eigenvalue weighted by Gasteiger charge is 2.33. The van der Waals surface area contributed by atoms with Gasteiger partial charge in [0, 0.05) is 30.2 Å². The number of hydrogen-bond acceptors (Lipinski definition) is 2. The van der Waals surface area contributed by atoms with Gasteiger partial charge < -0.3 is 5.32 Å². The van der Waals surface area contributed by atoms with E-state index in [4.69, 9.17) is 23.2 Å². The summed E-state index contributed by atoms with van der Waals surface area (Å²) in [6.07, 6.45) is 1.28. The Bertz CT molecular complexity index is 564. The monoisotopic (exact) mass is 356 g/mol. The molecule has 2 atom stereocenters. The third-order valence-electron chi connectivity index (χ3n) is 4.58. The van der Waals surface area contributed by atoms with Gasteiger partial charge >= 0.3 is 0 Å². The highest BCUT2D eigenvalue weighted by Crippen LogP contribution is 2.27. The molecular weight excluding hydrogens is 331 g/mol. The van der Waals surface area contributed by atoms with E-state index in [2.05, 4.69) is 37.9 Å². The van der Waals surface area contributed by atoms with Gasteiger partial charge in [0.05, 0.1) is 10.6 Å². The Morgan fingerprint density at radius 2 is 1.87 bits per heavy atom. The lowest BCUT2D eigenvalue weighted by molar-refractivity contribution is 0.0445. The molecule has 1 amide bonds. The number of rotatable bonds is 4. The largest absolute Gasteiger partial charge is 0.350 e. The molecule has 3 nitrogen and oxygen atoms in total. The Hall–Kier alpha value is -0.770. The molecule has 1 aromatic rings. The zero-order chi connectivity index (χ0) is 17.2. The lowest BCUT2D eigenvalue weighted by atomic mass is 9.88. The van der Waals surface area contributed by atoms with Crippen LogP contribution in [0.5, 0.6) is 0 Å². The SMILES string of the molecule is CC1CC(C)CN(C(C)(C)CNC(=O)c2ccc(Cl)cc2Cl)C1. The summed E-state index contributed by atoms with van der Waals surface area (Å²) in [5.41, 5.74) is 0.379. The molecular formula is C18H26Cl2N2O. The topological polar surface area (TPSA) is 32.3 Å². The van der Waals surface area contributed by atoms with Crippen molar-refractivity contribution in [1.82, 2.24) is 10.2 Å². The van der Waals surface area contributed by atoms with Gasteiger partial charge in [0.25, 0.3) is 5.91 Å². The molecule has 2 unspecified atom stereocenters. The maximum atomic E-state index is 12.4. The maximum absolute atomic E-state index is 12.4. The van der Waals surface area contributed by atoms with Crippen LogP contribution in [0.25, 0.3) is 0 Å². The zero-order valence-corrected chi connectivity index (χ0v) is 15.8. The van der Waals surface area contributed by atoms with Gasteiger partial charge in [-0.05, 0) is 50.3 Å². The van der Waals surface area contributed by atoms with Gasteiger partial charge in [-0.1, -0.05) is 37.0 Å². The molecule has 0 spiro atoms. The lowest BCUT2D eigenvalue weighted by Gasteiger charge is -2.45. The molecule has 5 heteroatoms. The van der Waals surface area contributed by atoms with Crippen LogP contribution < -0.4 is 5.32 Å². The summed E-state index contributed by atoms with van der Waals surface area (Å²) in [6, 6.07) is 4.94. The van der Waals surface area contributed by atoms with E-state index in [-0.39, 0.29) is 11.4 Å². The number of amides is 1. The lowest BCUT2D eigenvalue weighted by Crippen LogP contribution is -2.56. The van der Waals surface area contributed by atoms with Crippen LogP contribution in [0.2, 0.25) is 10.0 Å². The van der Waals surface area contributed by atoms with E-state index in [1.54, 1.807) is 18.2 Å². The summed E-state index contributed by atoms with van der Waals surface area (Å²) < 4.78 is 0. The molecule has 1 heterocycles. The second-order valence-electron chi connectivity index (χ2n) is 7.47. The van der Waals surface area contributed by atoms with Crippen molar-refractivity contribution in [3.8, 4) is 0 Å². The first kappa shape index (κ1) is 18.6. The summed E-state index contributed by atoms with van der Waals surface area (Å²) in [7, 11) is 0. The van der Waals surface area contributed by atoms with Gasteiger partial charge in [0.15, 0.2) is 0 Å². The Kier molecular flexibility index (Phi) is 5.99. The number of nitrogens with one attached hydrogen (secondary N) is 1. The van der Waals surface area contributed by atoms with Gasteiger partial charge in [-0.15, -0.1) is 0 Å². The minimum Gasteiger partial charge on any atom is -0.350 e. The van der Waals surface area contributed by atoms with E-state index in [0.717, 1.165) is 13.1 Å². The summed E-state index contributed by atoms with van der Waals surface area (Å²) >= 11 is 12.0. The predicted octanol–water partition coefficient (Wildman–Crippen LogP) is 4.48. The molecule has 1 saturated heterocycles. The van der Waals surface area contributed by atoms with Crippen molar-refractivity contribution in [1.29, 1.82) is 0 Å².